The first-order valence-corrected chi connectivity index (χ1v) is 3.14. The molecule has 0 spiro atoms. The molecule has 0 saturated carbocycles. The van der Waals surface area contributed by atoms with E-state index in [0.717, 1.165) is 5.57 Å². The van der Waals surface area contributed by atoms with Crippen LogP contribution in [-0.2, 0) is 0 Å². The molecule has 0 aliphatic carbocycles. The second-order valence-electron chi connectivity index (χ2n) is 2.08. The second kappa shape index (κ2) is 4.74. The van der Waals surface area contributed by atoms with E-state index in [1.807, 2.05) is 19.9 Å². The molecule has 0 aromatic rings. The van der Waals surface area contributed by atoms with Gasteiger partial charge in [-0.25, -0.2) is 0 Å². The van der Waals surface area contributed by atoms with E-state index in [-0.39, 0.29) is 0 Å². The maximum atomic E-state index is 3.65. The number of allylic oxidation sites excluding steroid dienone is 4. The van der Waals surface area contributed by atoms with Crippen molar-refractivity contribution in [1.29, 1.82) is 0 Å². The minimum atomic E-state index is 1.12. The molecule has 0 N–H and O–H groups in total. The summed E-state index contributed by atoms with van der Waals surface area (Å²) in [6, 6.07) is 0. The lowest BCUT2D eigenvalue weighted by molar-refractivity contribution is 1.31. The summed E-state index contributed by atoms with van der Waals surface area (Å²) in [5, 5.41) is 0. The van der Waals surface area contributed by atoms with E-state index < -0.39 is 0 Å². The van der Waals surface area contributed by atoms with E-state index in [1.54, 1.807) is 12.3 Å². The molecule has 1 nitrogen and oxygen atoms in total. The van der Waals surface area contributed by atoms with Gasteiger partial charge in [-0.3, -0.25) is 4.99 Å². The maximum Gasteiger partial charge on any atom is 0.0292 e. The van der Waals surface area contributed by atoms with Gasteiger partial charge in [0.15, 0.2) is 0 Å². The van der Waals surface area contributed by atoms with Gasteiger partial charge in [0.1, 0.15) is 0 Å². The first-order chi connectivity index (χ1) is 4.72. The van der Waals surface area contributed by atoms with E-state index in [0.29, 0.717) is 0 Å². The Morgan fingerprint density at radius 1 is 1.30 bits per heavy atom. The van der Waals surface area contributed by atoms with Crippen LogP contribution in [-0.4, -0.2) is 6.72 Å². The molecule has 0 amide bonds. The Labute approximate surface area is 62.5 Å². The smallest absolute Gasteiger partial charge is 0.0292 e. The van der Waals surface area contributed by atoms with Gasteiger partial charge in [-0.05, 0) is 31.7 Å². The highest BCUT2D eigenvalue weighted by molar-refractivity contribution is 5.33. The average Bonchev–Trinajstić information content (AvgIpc) is 1.89. The lowest BCUT2D eigenvalue weighted by atomic mass is 10.1. The van der Waals surface area contributed by atoms with Crippen molar-refractivity contribution in [3.8, 4) is 0 Å². The third kappa shape index (κ3) is 3.02. The average molecular weight is 135 g/mol. The highest BCUT2D eigenvalue weighted by atomic mass is 14.6. The minimum Gasteiger partial charge on any atom is -0.272 e. The fourth-order valence-electron chi connectivity index (χ4n) is 0.547. The van der Waals surface area contributed by atoms with Crippen LogP contribution in [0.2, 0.25) is 0 Å². The number of nitrogens with zero attached hydrogens (tertiary/aromatic N) is 1. The van der Waals surface area contributed by atoms with E-state index in [9.17, 15) is 0 Å². The molecule has 0 heterocycles. The van der Waals surface area contributed by atoms with Crippen LogP contribution in [0.3, 0.4) is 0 Å². The van der Waals surface area contributed by atoms with Crippen LogP contribution < -0.4 is 0 Å². The predicted octanol–water partition coefficient (Wildman–Crippen LogP) is 2.72. The lowest BCUT2D eigenvalue weighted by Gasteiger charge is -1.95. The van der Waals surface area contributed by atoms with Gasteiger partial charge in [-0.2, -0.15) is 0 Å². The summed E-state index contributed by atoms with van der Waals surface area (Å²) in [5.41, 5.74) is 2.29. The van der Waals surface area contributed by atoms with Crippen LogP contribution in [0.4, 0.5) is 0 Å². The van der Waals surface area contributed by atoms with Gasteiger partial charge in [-0.1, -0.05) is 18.7 Å². The van der Waals surface area contributed by atoms with Crippen molar-refractivity contribution in [1.82, 2.24) is 0 Å². The van der Waals surface area contributed by atoms with E-state index in [1.165, 1.54) is 5.57 Å². The number of aliphatic imine (C=N–C) groups is 1. The highest BCUT2D eigenvalue weighted by Crippen LogP contribution is 2.07. The SMILES string of the molecule is C=C/C=C(C)/C(C)=C/N=C. The van der Waals surface area contributed by atoms with Gasteiger partial charge in [0.2, 0.25) is 0 Å². The molecule has 1 heteroatoms. The quantitative estimate of drug-likeness (QED) is 0.417. The Hall–Kier alpha value is -1.11. The molecule has 10 heavy (non-hydrogen) atoms. The second-order valence-corrected chi connectivity index (χ2v) is 2.08. The van der Waals surface area contributed by atoms with E-state index >= 15 is 0 Å². The summed E-state index contributed by atoms with van der Waals surface area (Å²) in [5.74, 6) is 0. The molecule has 0 atom stereocenters. The standard InChI is InChI=1S/C9H13N/c1-5-6-8(2)9(3)7-10-4/h5-7H,1,4H2,2-3H3/b8-6+,9-7+. The monoisotopic (exact) mass is 135 g/mol. The predicted molar refractivity (Wildman–Crippen MR) is 47.3 cm³/mol. The number of rotatable bonds is 3. The van der Waals surface area contributed by atoms with Crippen molar-refractivity contribution in [2.24, 2.45) is 4.99 Å². The summed E-state index contributed by atoms with van der Waals surface area (Å²) in [6.07, 6.45) is 5.43. The maximum absolute atomic E-state index is 3.65. The van der Waals surface area contributed by atoms with Gasteiger partial charge in [0.25, 0.3) is 0 Å². The van der Waals surface area contributed by atoms with Crippen molar-refractivity contribution in [2.45, 2.75) is 13.8 Å². The zero-order valence-corrected chi connectivity index (χ0v) is 6.59. The molecule has 0 aliphatic rings. The van der Waals surface area contributed by atoms with Gasteiger partial charge < -0.3 is 0 Å². The zero-order valence-electron chi connectivity index (χ0n) is 6.59. The number of hydrogen-bond donors (Lipinski definition) is 0. The third-order valence-corrected chi connectivity index (χ3v) is 1.27. The Morgan fingerprint density at radius 3 is 2.30 bits per heavy atom. The van der Waals surface area contributed by atoms with Crippen LogP contribution in [0.15, 0.2) is 41.1 Å². The van der Waals surface area contributed by atoms with Crippen LogP contribution in [0.5, 0.6) is 0 Å². The summed E-state index contributed by atoms with van der Waals surface area (Å²) < 4.78 is 0. The summed E-state index contributed by atoms with van der Waals surface area (Å²) in [4.78, 5) is 3.65. The Morgan fingerprint density at radius 2 is 1.90 bits per heavy atom. The van der Waals surface area contributed by atoms with Crippen LogP contribution in [0.25, 0.3) is 0 Å². The molecule has 0 radical (unpaired) electrons. The molecule has 0 bridgehead atoms. The summed E-state index contributed by atoms with van der Waals surface area (Å²) in [6.45, 7) is 11.0. The lowest BCUT2D eigenvalue weighted by Crippen LogP contribution is -1.76. The minimum absolute atomic E-state index is 1.12. The van der Waals surface area contributed by atoms with Crippen molar-refractivity contribution in [3.63, 3.8) is 0 Å². The molecule has 0 unspecified atom stereocenters. The zero-order chi connectivity index (χ0) is 7.98. The molecule has 0 aliphatic heterocycles. The van der Waals surface area contributed by atoms with Crippen molar-refractivity contribution in [3.05, 3.63) is 36.1 Å². The Bertz CT molecular complexity index is 163. The fourth-order valence-corrected chi connectivity index (χ4v) is 0.547. The Balaban J connectivity index is 4.33. The molecule has 0 rings (SSSR count). The summed E-state index contributed by atoms with van der Waals surface area (Å²) in [7, 11) is 0. The number of hydrogen-bond acceptors (Lipinski definition) is 1. The first-order valence-electron chi connectivity index (χ1n) is 3.14. The van der Waals surface area contributed by atoms with Crippen molar-refractivity contribution >= 4 is 6.72 Å². The molecular weight excluding hydrogens is 122 g/mol. The van der Waals surface area contributed by atoms with Crippen LogP contribution in [0, 0.1) is 0 Å². The van der Waals surface area contributed by atoms with Gasteiger partial charge in [0, 0.05) is 6.20 Å². The molecule has 0 saturated heterocycles. The van der Waals surface area contributed by atoms with Crippen LogP contribution in [0.1, 0.15) is 13.8 Å². The molecule has 0 aromatic heterocycles. The molecular formula is C9H13N. The molecule has 0 fully saturated rings. The fraction of sp³-hybridized carbons (Fsp3) is 0.222. The first kappa shape index (κ1) is 8.89. The third-order valence-electron chi connectivity index (χ3n) is 1.27. The van der Waals surface area contributed by atoms with E-state index in [2.05, 4.69) is 18.3 Å². The molecule has 0 aromatic carbocycles. The van der Waals surface area contributed by atoms with Crippen molar-refractivity contribution in [2.75, 3.05) is 0 Å². The Kier molecular flexibility index (Phi) is 4.21. The normalized spacial score (nSPS) is 13.0. The van der Waals surface area contributed by atoms with Crippen LogP contribution >= 0.6 is 0 Å². The largest absolute Gasteiger partial charge is 0.272 e. The highest BCUT2D eigenvalue weighted by Gasteiger charge is 1.87. The molecule has 54 valence electrons. The van der Waals surface area contributed by atoms with Crippen molar-refractivity contribution < 1.29 is 0 Å². The topological polar surface area (TPSA) is 12.4 Å². The van der Waals surface area contributed by atoms with Gasteiger partial charge in [0.05, 0.1) is 0 Å². The van der Waals surface area contributed by atoms with E-state index in [4.69, 9.17) is 0 Å². The van der Waals surface area contributed by atoms with Gasteiger partial charge in [-0.15, -0.1) is 0 Å². The van der Waals surface area contributed by atoms with Gasteiger partial charge >= 0.3 is 0 Å². The summed E-state index contributed by atoms with van der Waals surface area (Å²) >= 11 is 0.